The number of nitrogens with zero attached hydrogens (tertiary/aromatic N) is 1. The molecule has 178 valence electrons. The number of sulfonamides is 1. The Balaban J connectivity index is 2.20. The zero-order valence-corrected chi connectivity index (χ0v) is 17.8. The Morgan fingerprint density at radius 1 is 1.03 bits per heavy atom. The summed E-state index contributed by atoms with van der Waals surface area (Å²) in [5, 5.41) is 10.1. The summed E-state index contributed by atoms with van der Waals surface area (Å²) >= 11 is 0. The Morgan fingerprint density at radius 3 is 2.03 bits per heavy atom. The average Bonchev–Trinajstić information content (AvgIpc) is 2.61. The number of hydrogen-bond acceptors (Lipinski definition) is 3. The number of halogens is 8. The van der Waals surface area contributed by atoms with E-state index in [0.717, 1.165) is 14.0 Å². The molecule has 3 rings (SSSR count). The Kier molecular flexibility index (Phi) is 4.73. The van der Waals surface area contributed by atoms with Crippen molar-refractivity contribution in [2.45, 2.75) is 17.4 Å². The fourth-order valence-electron chi connectivity index (χ4n) is 3.26. The number of rotatable bonds is 3. The standard InChI is InChI=1S/C17H15F8N3O2S2/c1-17(8-31(29,30)28(2)16(26)27-17)11-7-12(18)15(20)13(14(11)19)9-3-5-10(6-4-9)32(21,22,23,24)25/h3-7H,8H2,1-2H3,(H2,26,27)/t17-/m0/s1. The Morgan fingerprint density at radius 2 is 1.56 bits per heavy atom. The first-order chi connectivity index (χ1) is 14.2. The van der Waals surface area contributed by atoms with Crippen LogP contribution in [0.2, 0.25) is 0 Å². The quantitative estimate of drug-likeness (QED) is 0.428. The number of benzene rings is 2. The van der Waals surface area contributed by atoms with E-state index in [2.05, 4.69) is 5.32 Å². The molecule has 0 aliphatic carbocycles. The highest BCUT2D eigenvalue weighted by atomic mass is 32.5. The van der Waals surface area contributed by atoms with Crippen LogP contribution in [0.4, 0.5) is 32.6 Å². The molecule has 0 amide bonds. The SMILES string of the molecule is CN1C(=N)N[C@](C)(c2cc(F)c(F)c(-c3ccc(S(F)(F)(F)(F)F)cc3)c2F)CS1(=O)=O. The highest BCUT2D eigenvalue weighted by Crippen LogP contribution is 3.02. The van der Waals surface area contributed by atoms with Crippen LogP contribution < -0.4 is 5.32 Å². The van der Waals surface area contributed by atoms with Crippen LogP contribution in [0.1, 0.15) is 12.5 Å². The first kappa shape index (κ1) is 24.1. The predicted octanol–water partition coefficient (Wildman–Crippen LogP) is 5.44. The monoisotopic (exact) mass is 509 g/mol. The molecule has 0 unspecified atom stereocenters. The van der Waals surface area contributed by atoms with Gasteiger partial charge in [-0.25, -0.2) is 25.9 Å². The molecule has 2 N–H and O–H groups in total. The van der Waals surface area contributed by atoms with Crippen molar-refractivity contribution >= 4 is 26.2 Å². The molecule has 32 heavy (non-hydrogen) atoms. The van der Waals surface area contributed by atoms with Crippen LogP contribution in [-0.2, 0) is 15.6 Å². The lowest BCUT2D eigenvalue weighted by Crippen LogP contribution is -2.61. The van der Waals surface area contributed by atoms with Crippen LogP contribution in [0.5, 0.6) is 0 Å². The molecule has 0 radical (unpaired) electrons. The van der Waals surface area contributed by atoms with Gasteiger partial charge in [-0.15, -0.1) is 0 Å². The summed E-state index contributed by atoms with van der Waals surface area (Å²) in [6, 6.07) is 0.882. The van der Waals surface area contributed by atoms with E-state index in [1.54, 1.807) is 0 Å². The summed E-state index contributed by atoms with van der Waals surface area (Å²) in [4.78, 5) is -2.31. The molecule has 1 heterocycles. The molecule has 1 aliphatic rings. The minimum absolute atomic E-state index is 0.0873. The van der Waals surface area contributed by atoms with Crippen molar-refractivity contribution in [1.82, 2.24) is 9.62 Å². The van der Waals surface area contributed by atoms with Crippen LogP contribution in [0.15, 0.2) is 35.2 Å². The van der Waals surface area contributed by atoms with Crippen LogP contribution in [0.3, 0.4) is 0 Å². The lowest BCUT2D eigenvalue weighted by atomic mass is 9.89. The fraction of sp³-hybridized carbons (Fsp3) is 0.235. The third-order valence-corrected chi connectivity index (χ3v) is 8.06. The topological polar surface area (TPSA) is 73.3 Å². The molecule has 1 saturated heterocycles. The van der Waals surface area contributed by atoms with E-state index in [-0.39, 0.29) is 12.1 Å². The maximum Gasteiger partial charge on any atom is 0.310 e. The van der Waals surface area contributed by atoms with Crippen molar-refractivity contribution in [1.29, 1.82) is 5.41 Å². The largest absolute Gasteiger partial charge is 0.345 e. The highest BCUT2D eigenvalue weighted by Gasteiger charge is 2.65. The van der Waals surface area contributed by atoms with E-state index in [0.29, 0.717) is 22.5 Å². The molecule has 0 bridgehead atoms. The molecule has 5 nitrogen and oxygen atoms in total. The van der Waals surface area contributed by atoms with E-state index in [9.17, 15) is 36.6 Å². The van der Waals surface area contributed by atoms with Crippen LogP contribution in [0.25, 0.3) is 11.1 Å². The van der Waals surface area contributed by atoms with Gasteiger partial charge in [0.05, 0.1) is 16.9 Å². The van der Waals surface area contributed by atoms with E-state index < -0.39 is 76.5 Å². The van der Waals surface area contributed by atoms with Crippen LogP contribution in [-0.4, -0.2) is 31.5 Å². The summed E-state index contributed by atoms with van der Waals surface area (Å²) in [5.41, 5.74) is -4.57. The average molecular weight is 509 g/mol. The number of hydrogen-bond donors (Lipinski definition) is 2. The third kappa shape index (κ3) is 4.10. The molecule has 2 aromatic rings. The fourth-order valence-corrected chi connectivity index (χ4v) is 5.38. The van der Waals surface area contributed by atoms with E-state index >= 15 is 4.39 Å². The summed E-state index contributed by atoms with van der Waals surface area (Å²) in [7, 11) is -13.2. The summed E-state index contributed by atoms with van der Waals surface area (Å²) in [5.74, 6) is -6.58. The van der Waals surface area contributed by atoms with Crippen molar-refractivity contribution in [3.8, 4) is 11.1 Å². The second-order valence-corrected chi connectivity index (χ2v) is 11.8. The molecular weight excluding hydrogens is 494 g/mol. The molecule has 1 fully saturated rings. The lowest BCUT2D eigenvalue weighted by Gasteiger charge is -2.40. The van der Waals surface area contributed by atoms with Gasteiger partial charge in [0.1, 0.15) is 10.7 Å². The van der Waals surface area contributed by atoms with E-state index in [1.807, 2.05) is 0 Å². The molecule has 15 heteroatoms. The van der Waals surface area contributed by atoms with Gasteiger partial charge in [-0.05, 0) is 30.7 Å². The molecule has 0 saturated carbocycles. The smallest absolute Gasteiger partial charge is 0.310 e. The van der Waals surface area contributed by atoms with Crippen molar-refractivity contribution in [2.24, 2.45) is 0 Å². The molecule has 1 aliphatic heterocycles. The van der Waals surface area contributed by atoms with Crippen LogP contribution >= 0.6 is 10.2 Å². The van der Waals surface area contributed by atoms with Crippen molar-refractivity contribution < 1.29 is 41.0 Å². The molecule has 0 spiro atoms. The normalized spacial score (nSPS) is 23.3. The Bertz CT molecular complexity index is 1250. The predicted molar refractivity (Wildman–Crippen MR) is 103 cm³/mol. The zero-order chi connectivity index (χ0) is 24.6. The van der Waals surface area contributed by atoms with Gasteiger partial charge in [-0.3, -0.25) is 5.41 Å². The van der Waals surface area contributed by atoms with Crippen molar-refractivity contribution in [2.75, 3.05) is 12.8 Å². The van der Waals surface area contributed by atoms with Crippen molar-refractivity contribution in [3.05, 3.63) is 53.3 Å². The number of guanidine groups is 1. The van der Waals surface area contributed by atoms with Crippen molar-refractivity contribution in [3.63, 3.8) is 0 Å². The minimum atomic E-state index is -10.1. The molecular formula is C17H15F8N3O2S2. The van der Waals surface area contributed by atoms with Gasteiger partial charge in [0.15, 0.2) is 11.6 Å². The van der Waals surface area contributed by atoms with Gasteiger partial charge in [0.2, 0.25) is 16.0 Å². The maximum atomic E-state index is 15.3. The van der Waals surface area contributed by atoms with Gasteiger partial charge in [0.25, 0.3) is 0 Å². The molecule has 0 aromatic heterocycles. The zero-order valence-electron chi connectivity index (χ0n) is 16.2. The molecule has 1 atom stereocenters. The second kappa shape index (κ2) is 6.27. The summed E-state index contributed by atoms with van der Waals surface area (Å²) in [6.07, 6.45) is 0. The first-order valence-corrected chi connectivity index (χ1v) is 12.1. The Labute approximate surface area is 177 Å². The highest BCUT2D eigenvalue weighted by molar-refractivity contribution is 8.45. The van der Waals surface area contributed by atoms with Gasteiger partial charge in [0, 0.05) is 12.6 Å². The maximum absolute atomic E-state index is 15.3. The van der Waals surface area contributed by atoms with Gasteiger partial charge < -0.3 is 5.32 Å². The first-order valence-electron chi connectivity index (χ1n) is 8.52. The van der Waals surface area contributed by atoms with Crippen LogP contribution in [0, 0.1) is 22.9 Å². The van der Waals surface area contributed by atoms with Gasteiger partial charge in [-0.1, -0.05) is 31.6 Å². The molecule has 2 aromatic carbocycles. The lowest BCUT2D eigenvalue weighted by molar-refractivity contribution is 0.364. The Hall–Kier alpha value is -2.55. The van der Waals surface area contributed by atoms with E-state index in [4.69, 9.17) is 5.41 Å². The summed E-state index contributed by atoms with van der Waals surface area (Å²) in [6.45, 7) is 1.10. The number of nitrogens with one attached hydrogen (secondary N) is 2. The third-order valence-electron chi connectivity index (χ3n) is 4.94. The minimum Gasteiger partial charge on any atom is -0.345 e. The summed E-state index contributed by atoms with van der Waals surface area (Å²) < 4.78 is 134. The van der Waals surface area contributed by atoms with E-state index in [1.165, 1.54) is 0 Å². The van der Waals surface area contributed by atoms with Gasteiger partial charge in [-0.2, -0.15) is 0 Å². The van der Waals surface area contributed by atoms with Gasteiger partial charge >= 0.3 is 10.2 Å². The second-order valence-electron chi connectivity index (χ2n) is 7.43.